The monoisotopic (exact) mass is 305 g/mol. The van der Waals surface area contributed by atoms with Gasteiger partial charge in [0.25, 0.3) is 5.91 Å². The number of ether oxygens (including phenoxy) is 1. The third-order valence-corrected chi connectivity index (χ3v) is 3.82. The van der Waals surface area contributed by atoms with Gasteiger partial charge in [-0.25, -0.2) is 0 Å². The highest BCUT2D eigenvalue weighted by Crippen LogP contribution is 2.15. The molecular weight excluding hydrogens is 278 g/mol. The summed E-state index contributed by atoms with van der Waals surface area (Å²) in [5.74, 6) is 0.0666. The van der Waals surface area contributed by atoms with Gasteiger partial charge in [0.1, 0.15) is 0 Å². The Labute approximate surface area is 133 Å². The van der Waals surface area contributed by atoms with Crippen molar-refractivity contribution in [3.63, 3.8) is 0 Å². The quantitative estimate of drug-likeness (QED) is 0.802. The summed E-state index contributed by atoms with van der Waals surface area (Å²) in [4.78, 5) is 18.7. The Hall–Kier alpha value is -1.62. The molecular formula is C17H27N3O2. The van der Waals surface area contributed by atoms with Crippen LogP contribution in [-0.2, 0) is 4.74 Å². The van der Waals surface area contributed by atoms with Crippen molar-refractivity contribution in [2.45, 2.75) is 45.6 Å². The van der Waals surface area contributed by atoms with Crippen molar-refractivity contribution in [3.05, 3.63) is 24.0 Å². The van der Waals surface area contributed by atoms with Crippen LogP contribution >= 0.6 is 0 Å². The van der Waals surface area contributed by atoms with Crippen molar-refractivity contribution < 1.29 is 9.53 Å². The van der Waals surface area contributed by atoms with Crippen molar-refractivity contribution in [2.75, 3.05) is 31.6 Å². The lowest BCUT2D eigenvalue weighted by Gasteiger charge is -2.21. The number of carbonyl (C=O) groups is 1. The second-order valence-electron chi connectivity index (χ2n) is 5.77. The molecule has 1 atom stereocenters. The average molecular weight is 305 g/mol. The Bertz CT molecular complexity index is 467. The van der Waals surface area contributed by atoms with Gasteiger partial charge in [0.2, 0.25) is 0 Å². The summed E-state index contributed by atoms with van der Waals surface area (Å²) >= 11 is 0. The molecule has 1 aliphatic heterocycles. The second kappa shape index (κ2) is 8.73. The number of rotatable bonds is 8. The molecule has 0 bridgehead atoms. The molecule has 5 heteroatoms. The van der Waals surface area contributed by atoms with Gasteiger partial charge in [-0.15, -0.1) is 0 Å². The minimum absolute atomic E-state index is 0.0666. The standard InChI is InChI=1S/C17H27N3O2/c1-3-7-20(8-4-2)17(21)14-10-15(12-18-11-14)19-13-16-6-5-9-22-16/h10-12,16,19H,3-9,13H2,1-2H3. The molecule has 1 aromatic rings. The predicted octanol–water partition coefficient (Wildman–Crippen LogP) is 2.93. The van der Waals surface area contributed by atoms with E-state index in [2.05, 4.69) is 24.1 Å². The number of nitrogens with one attached hydrogen (secondary N) is 1. The van der Waals surface area contributed by atoms with E-state index >= 15 is 0 Å². The van der Waals surface area contributed by atoms with E-state index in [0.717, 1.165) is 57.6 Å². The summed E-state index contributed by atoms with van der Waals surface area (Å²) in [5, 5.41) is 3.33. The van der Waals surface area contributed by atoms with Crippen LogP contribution in [0.1, 0.15) is 49.9 Å². The highest BCUT2D eigenvalue weighted by Gasteiger charge is 2.17. The summed E-state index contributed by atoms with van der Waals surface area (Å²) in [6.45, 7) is 7.39. The van der Waals surface area contributed by atoms with Crippen molar-refractivity contribution in [1.29, 1.82) is 0 Å². The first kappa shape index (κ1) is 16.7. The van der Waals surface area contributed by atoms with Gasteiger partial charge in [-0.1, -0.05) is 13.8 Å². The van der Waals surface area contributed by atoms with Crippen LogP contribution in [0.4, 0.5) is 5.69 Å². The van der Waals surface area contributed by atoms with Crippen LogP contribution in [0, 0.1) is 0 Å². The smallest absolute Gasteiger partial charge is 0.255 e. The van der Waals surface area contributed by atoms with E-state index in [-0.39, 0.29) is 12.0 Å². The van der Waals surface area contributed by atoms with E-state index in [1.165, 1.54) is 0 Å². The predicted molar refractivity (Wildman–Crippen MR) is 88.2 cm³/mol. The third kappa shape index (κ3) is 4.70. The molecule has 0 aromatic carbocycles. The van der Waals surface area contributed by atoms with Crippen molar-refractivity contribution >= 4 is 11.6 Å². The largest absolute Gasteiger partial charge is 0.381 e. The molecule has 0 spiro atoms. The third-order valence-electron chi connectivity index (χ3n) is 3.82. The van der Waals surface area contributed by atoms with Gasteiger partial charge in [0, 0.05) is 38.6 Å². The molecule has 2 heterocycles. The van der Waals surface area contributed by atoms with Crippen molar-refractivity contribution in [1.82, 2.24) is 9.88 Å². The molecule has 1 amide bonds. The zero-order valence-corrected chi connectivity index (χ0v) is 13.7. The maximum absolute atomic E-state index is 12.6. The maximum Gasteiger partial charge on any atom is 0.255 e. The van der Waals surface area contributed by atoms with E-state index in [0.29, 0.717) is 5.56 Å². The van der Waals surface area contributed by atoms with Gasteiger partial charge in [0.15, 0.2) is 0 Å². The van der Waals surface area contributed by atoms with Crippen LogP contribution < -0.4 is 5.32 Å². The number of amides is 1. The number of anilines is 1. The first-order valence-electron chi connectivity index (χ1n) is 8.34. The summed E-state index contributed by atoms with van der Waals surface area (Å²) < 4.78 is 5.60. The minimum Gasteiger partial charge on any atom is -0.381 e. The number of pyridine rings is 1. The Morgan fingerprint density at radius 3 is 2.77 bits per heavy atom. The van der Waals surface area contributed by atoms with Gasteiger partial charge >= 0.3 is 0 Å². The lowest BCUT2D eigenvalue weighted by Crippen LogP contribution is -2.32. The lowest BCUT2D eigenvalue weighted by atomic mass is 10.2. The minimum atomic E-state index is 0.0666. The van der Waals surface area contributed by atoms with Gasteiger partial charge in [-0.3, -0.25) is 9.78 Å². The van der Waals surface area contributed by atoms with Crippen molar-refractivity contribution in [2.24, 2.45) is 0 Å². The van der Waals surface area contributed by atoms with Gasteiger partial charge in [-0.05, 0) is 31.7 Å². The van der Waals surface area contributed by atoms with E-state index in [1.807, 2.05) is 11.0 Å². The number of nitrogens with zero attached hydrogens (tertiary/aromatic N) is 2. The van der Waals surface area contributed by atoms with Crippen LogP contribution in [0.2, 0.25) is 0 Å². The molecule has 2 rings (SSSR count). The number of carbonyl (C=O) groups excluding carboxylic acids is 1. The van der Waals surface area contributed by atoms with E-state index in [1.54, 1.807) is 12.4 Å². The first-order chi connectivity index (χ1) is 10.7. The van der Waals surface area contributed by atoms with E-state index < -0.39 is 0 Å². The maximum atomic E-state index is 12.6. The van der Waals surface area contributed by atoms with Crippen LogP contribution in [-0.4, -0.2) is 48.1 Å². The Morgan fingerprint density at radius 2 is 2.14 bits per heavy atom. The number of aromatic nitrogens is 1. The molecule has 0 saturated carbocycles. The second-order valence-corrected chi connectivity index (χ2v) is 5.77. The molecule has 0 aliphatic carbocycles. The van der Waals surface area contributed by atoms with Crippen LogP contribution in [0.15, 0.2) is 18.5 Å². The molecule has 0 radical (unpaired) electrons. The van der Waals surface area contributed by atoms with Crippen LogP contribution in [0.3, 0.4) is 0 Å². The Balaban J connectivity index is 1.97. The highest BCUT2D eigenvalue weighted by molar-refractivity contribution is 5.94. The molecule has 5 nitrogen and oxygen atoms in total. The number of hydrogen-bond donors (Lipinski definition) is 1. The first-order valence-corrected chi connectivity index (χ1v) is 8.34. The summed E-state index contributed by atoms with van der Waals surface area (Å²) in [6, 6.07) is 1.89. The summed E-state index contributed by atoms with van der Waals surface area (Å²) in [5.41, 5.74) is 1.54. The molecule has 122 valence electrons. The van der Waals surface area contributed by atoms with Gasteiger partial charge in [0.05, 0.1) is 17.4 Å². The molecule has 1 fully saturated rings. The fourth-order valence-electron chi connectivity index (χ4n) is 2.73. The lowest BCUT2D eigenvalue weighted by molar-refractivity contribution is 0.0755. The van der Waals surface area contributed by atoms with E-state index in [4.69, 9.17) is 4.74 Å². The molecule has 1 saturated heterocycles. The number of hydrogen-bond acceptors (Lipinski definition) is 4. The van der Waals surface area contributed by atoms with E-state index in [9.17, 15) is 4.79 Å². The zero-order chi connectivity index (χ0) is 15.8. The van der Waals surface area contributed by atoms with Crippen molar-refractivity contribution in [3.8, 4) is 0 Å². The SMILES string of the molecule is CCCN(CCC)C(=O)c1cncc(NCC2CCCO2)c1. The molecule has 1 unspecified atom stereocenters. The molecule has 1 N–H and O–H groups in total. The van der Waals surface area contributed by atoms with Gasteiger partial charge < -0.3 is 15.0 Å². The Kier molecular flexibility index (Phi) is 6.65. The topological polar surface area (TPSA) is 54.5 Å². The summed E-state index contributed by atoms with van der Waals surface area (Å²) in [7, 11) is 0. The summed E-state index contributed by atoms with van der Waals surface area (Å²) in [6.07, 6.45) is 7.85. The fraction of sp³-hybridized carbons (Fsp3) is 0.647. The normalized spacial score (nSPS) is 17.5. The van der Waals surface area contributed by atoms with Crippen LogP contribution in [0.5, 0.6) is 0 Å². The molecule has 1 aromatic heterocycles. The fourth-order valence-corrected chi connectivity index (χ4v) is 2.73. The Morgan fingerprint density at radius 1 is 1.36 bits per heavy atom. The molecule has 1 aliphatic rings. The average Bonchev–Trinajstić information content (AvgIpc) is 3.06. The highest BCUT2D eigenvalue weighted by atomic mass is 16.5. The van der Waals surface area contributed by atoms with Gasteiger partial charge in [-0.2, -0.15) is 0 Å². The zero-order valence-electron chi connectivity index (χ0n) is 13.7. The van der Waals surface area contributed by atoms with Crippen LogP contribution in [0.25, 0.3) is 0 Å². The molecule has 22 heavy (non-hydrogen) atoms.